The Morgan fingerprint density at radius 3 is 2.35 bits per heavy atom. The molecule has 168 valence electrons. The highest BCUT2D eigenvalue weighted by Gasteiger charge is 2.19. The molecule has 0 bridgehead atoms. The van der Waals surface area contributed by atoms with Gasteiger partial charge in [0.1, 0.15) is 5.75 Å². The molecule has 0 aromatic heterocycles. The molecule has 9 nitrogen and oxygen atoms in total. The van der Waals surface area contributed by atoms with Crippen LogP contribution >= 0.6 is 0 Å². The van der Waals surface area contributed by atoms with E-state index in [1.807, 2.05) is 13.0 Å². The van der Waals surface area contributed by atoms with Crippen molar-refractivity contribution in [1.82, 2.24) is 4.90 Å². The molecule has 2 aromatic carbocycles. The van der Waals surface area contributed by atoms with Crippen molar-refractivity contribution in [3.05, 3.63) is 48.0 Å². The maximum atomic E-state index is 12.5. The van der Waals surface area contributed by atoms with E-state index in [0.717, 1.165) is 12.8 Å². The zero-order valence-corrected chi connectivity index (χ0v) is 18.6. The second-order valence-electron chi connectivity index (χ2n) is 6.83. The van der Waals surface area contributed by atoms with Crippen LogP contribution in [0.15, 0.2) is 42.5 Å². The van der Waals surface area contributed by atoms with Gasteiger partial charge in [-0.25, -0.2) is 13.2 Å². The molecule has 1 amide bonds. The van der Waals surface area contributed by atoms with Crippen LogP contribution < -0.4 is 14.8 Å². The molecule has 10 heteroatoms. The van der Waals surface area contributed by atoms with Crippen molar-refractivity contribution in [3.63, 3.8) is 0 Å². The minimum atomic E-state index is -3.03. The fourth-order valence-electron chi connectivity index (χ4n) is 2.52. The van der Waals surface area contributed by atoms with Crippen LogP contribution in [0.25, 0.3) is 0 Å². The zero-order chi connectivity index (χ0) is 22.8. The molecular weight excluding hydrogens is 422 g/mol. The van der Waals surface area contributed by atoms with Crippen molar-refractivity contribution in [3.8, 4) is 11.5 Å². The van der Waals surface area contributed by atoms with E-state index in [1.54, 1.807) is 38.4 Å². The lowest BCUT2D eigenvalue weighted by Crippen LogP contribution is -2.27. The maximum absolute atomic E-state index is 12.5. The predicted octanol–water partition coefficient (Wildman–Crippen LogP) is 2.87. The topological polar surface area (TPSA) is 114 Å². The smallest absolute Gasteiger partial charge is 0.338 e. The third-order valence-electron chi connectivity index (χ3n) is 4.17. The first-order valence-electron chi connectivity index (χ1n) is 9.75. The van der Waals surface area contributed by atoms with E-state index < -0.39 is 23.5 Å². The number of esters is 1. The zero-order valence-electron chi connectivity index (χ0n) is 17.7. The number of carbonyl (C=O) groups excluding carboxylic acids is 2. The number of carbonyl (C=O) groups is 2. The fourth-order valence-corrected chi connectivity index (χ4v) is 2.88. The highest BCUT2D eigenvalue weighted by atomic mass is 32.2. The molecule has 0 spiro atoms. The number of hydrogen-bond donors (Lipinski definition) is 3. The summed E-state index contributed by atoms with van der Waals surface area (Å²) in [5.41, 5.74) is 0.572. The molecule has 2 aromatic rings. The quantitative estimate of drug-likeness (QED) is 0.275. The standard InChI is InChI=1S/C21H27N3O6S/c1-4-5-11-22-17-12-15(21(26)29-14-19(25)24(2)3)13-18(23-31(27)28)20(17)30-16-9-7-6-8-10-16/h6-10,12-13,22,31H,4-5,11,14H2,1-3H3,(H,23,27,28). The van der Waals surface area contributed by atoms with E-state index in [2.05, 4.69) is 10.0 Å². The predicted molar refractivity (Wildman–Crippen MR) is 119 cm³/mol. The molecule has 0 saturated heterocycles. The summed E-state index contributed by atoms with van der Waals surface area (Å²) in [5.74, 6) is -0.414. The Morgan fingerprint density at radius 1 is 1.06 bits per heavy atom. The number of nitrogens with zero attached hydrogens (tertiary/aromatic N) is 1. The molecular formula is C21H27N3O6S. The van der Waals surface area contributed by atoms with Gasteiger partial charge in [0, 0.05) is 20.6 Å². The SMILES string of the molecule is CCCCNc1cc(C(=O)OCC(=O)N(C)C)cc(N[SH](=O)=O)c1Oc1ccccc1. The molecule has 31 heavy (non-hydrogen) atoms. The number of amides is 1. The Bertz CT molecular complexity index is 969. The Morgan fingerprint density at radius 2 is 1.74 bits per heavy atom. The van der Waals surface area contributed by atoms with Crippen LogP contribution in [0.4, 0.5) is 11.4 Å². The van der Waals surface area contributed by atoms with Crippen molar-refractivity contribution in [2.45, 2.75) is 19.8 Å². The van der Waals surface area contributed by atoms with Gasteiger partial charge in [-0.2, -0.15) is 0 Å². The summed E-state index contributed by atoms with van der Waals surface area (Å²) in [6.45, 7) is 2.20. The van der Waals surface area contributed by atoms with Gasteiger partial charge >= 0.3 is 5.97 Å². The lowest BCUT2D eigenvalue weighted by molar-refractivity contribution is -0.131. The summed E-state index contributed by atoms with van der Waals surface area (Å²) >= 11 is 0. The highest BCUT2D eigenvalue weighted by molar-refractivity contribution is 7.73. The van der Waals surface area contributed by atoms with Gasteiger partial charge in [-0.3, -0.25) is 9.52 Å². The van der Waals surface area contributed by atoms with E-state index in [1.165, 1.54) is 17.0 Å². The number of unbranched alkanes of at least 4 members (excludes halogenated alkanes) is 1. The van der Waals surface area contributed by atoms with Gasteiger partial charge in [0.05, 0.1) is 16.9 Å². The number of nitrogens with one attached hydrogen (secondary N) is 2. The first kappa shape index (κ1) is 24.0. The normalized spacial score (nSPS) is 10.5. The summed E-state index contributed by atoms with van der Waals surface area (Å²) in [6.07, 6.45) is 1.79. The summed E-state index contributed by atoms with van der Waals surface area (Å²) in [7, 11) is 0.0750. The van der Waals surface area contributed by atoms with Crippen molar-refractivity contribution < 1.29 is 27.5 Å². The molecule has 0 saturated carbocycles. The van der Waals surface area contributed by atoms with Crippen LogP contribution in [0.1, 0.15) is 30.1 Å². The van der Waals surface area contributed by atoms with Crippen LogP contribution in [0, 0.1) is 0 Å². The van der Waals surface area contributed by atoms with Crippen LogP contribution in [0.5, 0.6) is 11.5 Å². The van der Waals surface area contributed by atoms with Crippen molar-refractivity contribution in [2.24, 2.45) is 0 Å². The largest absolute Gasteiger partial charge is 0.453 e. The van der Waals surface area contributed by atoms with Gasteiger partial charge in [-0.15, -0.1) is 0 Å². The molecule has 2 rings (SSSR count). The number of para-hydroxylation sites is 1. The number of thiol groups is 1. The third kappa shape index (κ3) is 7.49. The van der Waals surface area contributed by atoms with Crippen LogP contribution in [0.3, 0.4) is 0 Å². The lowest BCUT2D eigenvalue weighted by atomic mass is 10.1. The summed E-state index contributed by atoms with van der Waals surface area (Å²) in [6, 6.07) is 11.7. The van der Waals surface area contributed by atoms with Gasteiger partial charge in [0.25, 0.3) is 5.91 Å². The third-order valence-corrected chi connectivity index (χ3v) is 4.59. The number of rotatable bonds is 11. The molecule has 0 fully saturated rings. The van der Waals surface area contributed by atoms with E-state index >= 15 is 0 Å². The number of anilines is 2. The van der Waals surface area contributed by atoms with Crippen LogP contribution in [0.2, 0.25) is 0 Å². The molecule has 0 unspecified atom stereocenters. The number of ether oxygens (including phenoxy) is 2. The molecule has 0 aliphatic carbocycles. The minimum absolute atomic E-state index is 0.0744. The average Bonchev–Trinajstić information content (AvgIpc) is 2.74. The summed E-state index contributed by atoms with van der Waals surface area (Å²) < 4.78 is 36.1. The minimum Gasteiger partial charge on any atom is -0.453 e. The Balaban J connectivity index is 2.43. The van der Waals surface area contributed by atoms with Crippen molar-refractivity contribution in [2.75, 3.05) is 37.3 Å². The molecule has 2 N–H and O–H groups in total. The van der Waals surface area contributed by atoms with Crippen molar-refractivity contribution in [1.29, 1.82) is 0 Å². The number of likely N-dealkylation sites (N-methyl/N-ethyl adjacent to an activating group) is 1. The lowest BCUT2D eigenvalue weighted by Gasteiger charge is -2.18. The summed E-state index contributed by atoms with van der Waals surface area (Å²) in [5, 5.41) is 3.18. The second kappa shape index (κ2) is 11.8. The van der Waals surface area contributed by atoms with E-state index in [-0.39, 0.29) is 22.9 Å². The van der Waals surface area contributed by atoms with Gasteiger partial charge in [0.2, 0.25) is 10.9 Å². The average molecular weight is 450 g/mol. The molecule has 0 heterocycles. The first-order chi connectivity index (χ1) is 14.8. The van der Waals surface area contributed by atoms with E-state index in [0.29, 0.717) is 18.0 Å². The Kier molecular flexibility index (Phi) is 9.13. The second-order valence-corrected chi connectivity index (χ2v) is 7.57. The fraction of sp³-hybridized carbons (Fsp3) is 0.333. The van der Waals surface area contributed by atoms with E-state index in [9.17, 15) is 18.0 Å². The van der Waals surface area contributed by atoms with E-state index in [4.69, 9.17) is 9.47 Å². The van der Waals surface area contributed by atoms with Gasteiger partial charge in [-0.05, 0) is 30.7 Å². The number of benzene rings is 2. The molecule has 0 aliphatic rings. The number of hydrogen-bond acceptors (Lipinski definition) is 7. The summed E-state index contributed by atoms with van der Waals surface area (Å²) in [4.78, 5) is 25.5. The van der Waals surface area contributed by atoms with Crippen LogP contribution in [-0.2, 0) is 20.4 Å². The van der Waals surface area contributed by atoms with Gasteiger partial charge in [0.15, 0.2) is 12.4 Å². The first-order valence-corrected chi connectivity index (χ1v) is 10.9. The Labute approximate surface area is 183 Å². The van der Waals surface area contributed by atoms with Crippen molar-refractivity contribution >= 4 is 34.1 Å². The molecule has 0 atom stereocenters. The highest BCUT2D eigenvalue weighted by Crippen LogP contribution is 2.38. The molecule has 0 radical (unpaired) electrons. The monoisotopic (exact) mass is 449 g/mol. The molecule has 0 aliphatic heterocycles. The Hall–Kier alpha value is -3.27. The maximum Gasteiger partial charge on any atom is 0.338 e. The van der Waals surface area contributed by atoms with Gasteiger partial charge in [-0.1, -0.05) is 31.5 Å². The van der Waals surface area contributed by atoms with Gasteiger partial charge < -0.3 is 19.7 Å². The van der Waals surface area contributed by atoms with Crippen LogP contribution in [-0.4, -0.2) is 52.4 Å².